The van der Waals surface area contributed by atoms with Crippen molar-refractivity contribution in [2.45, 2.75) is 6.04 Å². The topological polar surface area (TPSA) is 58.9 Å². The van der Waals surface area contributed by atoms with Gasteiger partial charge in [-0.1, -0.05) is 0 Å². The molecule has 0 radical (unpaired) electrons. The number of carbonyl (C=O) groups excluding carboxylic acids is 1. The fourth-order valence-corrected chi connectivity index (χ4v) is 0.625. The molecule has 3 N–H and O–H groups in total. The Morgan fingerprint density at radius 3 is 3.00 bits per heavy atom. The van der Waals surface area contributed by atoms with Crippen LogP contribution < -0.4 is 5.73 Å². The van der Waals surface area contributed by atoms with Crippen molar-refractivity contribution in [3.8, 4) is 0 Å². The highest BCUT2D eigenvalue weighted by Crippen LogP contribution is 2.01. The molecule has 48 valence electrons. The lowest BCUT2D eigenvalue weighted by atomic mass is 10.2. The normalized spacial score (nSPS) is 13.0. The monoisotopic (exact) mass is 124 g/mol. The van der Waals surface area contributed by atoms with Crippen LogP contribution in [0, 0.1) is 0 Å². The number of aromatic amines is 1. The number of aromatic nitrogens is 1. The molecule has 1 unspecified atom stereocenters. The summed E-state index contributed by atoms with van der Waals surface area (Å²) < 4.78 is 0. The maximum Gasteiger partial charge on any atom is 0.142 e. The quantitative estimate of drug-likeness (QED) is 0.554. The Labute approximate surface area is 52.9 Å². The first-order chi connectivity index (χ1) is 4.34. The van der Waals surface area contributed by atoms with Crippen LogP contribution in [-0.4, -0.2) is 11.3 Å². The van der Waals surface area contributed by atoms with E-state index in [-0.39, 0.29) is 0 Å². The zero-order valence-corrected chi connectivity index (χ0v) is 4.87. The van der Waals surface area contributed by atoms with Gasteiger partial charge in [-0.3, -0.25) is 0 Å². The second kappa shape index (κ2) is 2.46. The van der Waals surface area contributed by atoms with Crippen molar-refractivity contribution in [1.29, 1.82) is 0 Å². The van der Waals surface area contributed by atoms with Crippen molar-refractivity contribution in [3.63, 3.8) is 0 Å². The van der Waals surface area contributed by atoms with Crippen molar-refractivity contribution in [3.05, 3.63) is 24.0 Å². The van der Waals surface area contributed by atoms with E-state index in [9.17, 15) is 4.79 Å². The largest absolute Gasteiger partial charge is 0.363 e. The first kappa shape index (κ1) is 6.04. The van der Waals surface area contributed by atoms with Gasteiger partial charge < -0.3 is 15.5 Å². The van der Waals surface area contributed by atoms with E-state index in [4.69, 9.17) is 5.73 Å². The molecule has 0 fully saturated rings. The maximum atomic E-state index is 10.1. The van der Waals surface area contributed by atoms with Gasteiger partial charge in [-0.25, -0.2) is 0 Å². The molecule has 1 rings (SSSR count). The Balaban J connectivity index is 2.76. The molecule has 0 amide bonds. The molecule has 0 saturated heterocycles. The van der Waals surface area contributed by atoms with Crippen LogP contribution in [-0.2, 0) is 4.79 Å². The molecule has 0 aliphatic heterocycles. The molecule has 0 spiro atoms. The van der Waals surface area contributed by atoms with E-state index in [1.807, 2.05) is 0 Å². The molecule has 0 bridgehead atoms. The smallest absolute Gasteiger partial charge is 0.142 e. The molecule has 1 aromatic rings. The SMILES string of the molecule is NC(C=O)c1ccc[nH]1. The summed E-state index contributed by atoms with van der Waals surface area (Å²) in [6, 6.07) is 3.08. The van der Waals surface area contributed by atoms with E-state index in [2.05, 4.69) is 4.98 Å². The minimum atomic E-state index is -0.500. The highest BCUT2D eigenvalue weighted by atomic mass is 16.1. The van der Waals surface area contributed by atoms with E-state index in [1.54, 1.807) is 18.3 Å². The van der Waals surface area contributed by atoms with Crippen molar-refractivity contribution < 1.29 is 4.79 Å². The lowest BCUT2D eigenvalue weighted by Crippen LogP contribution is -2.11. The molecule has 3 nitrogen and oxygen atoms in total. The molecular weight excluding hydrogens is 116 g/mol. The minimum Gasteiger partial charge on any atom is -0.363 e. The average molecular weight is 124 g/mol. The molecule has 0 saturated carbocycles. The Morgan fingerprint density at radius 1 is 1.78 bits per heavy atom. The van der Waals surface area contributed by atoms with Crippen LogP contribution in [0.15, 0.2) is 18.3 Å². The first-order valence-electron chi connectivity index (χ1n) is 2.69. The third kappa shape index (κ3) is 1.17. The summed E-state index contributed by atoms with van der Waals surface area (Å²) in [5.74, 6) is 0. The maximum absolute atomic E-state index is 10.1. The molecule has 1 atom stereocenters. The Morgan fingerprint density at radius 2 is 2.56 bits per heavy atom. The molecule has 1 heterocycles. The van der Waals surface area contributed by atoms with Gasteiger partial charge >= 0.3 is 0 Å². The summed E-state index contributed by atoms with van der Waals surface area (Å²) in [5.41, 5.74) is 6.09. The average Bonchev–Trinajstić information content (AvgIpc) is 2.37. The molecule has 1 aromatic heterocycles. The van der Waals surface area contributed by atoms with Crippen LogP contribution in [0.25, 0.3) is 0 Å². The standard InChI is InChI=1S/C6H8N2O/c7-5(4-9)6-2-1-3-8-6/h1-5,8H,7H2. The Bertz CT molecular complexity index is 181. The van der Waals surface area contributed by atoms with Crippen LogP contribution in [0.1, 0.15) is 11.7 Å². The summed E-state index contributed by atoms with van der Waals surface area (Å²) in [6.07, 6.45) is 2.44. The van der Waals surface area contributed by atoms with Crippen LogP contribution >= 0.6 is 0 Å². The summed E-state index contributed by atoms with van der Waals surface area (Å²) in [4.78, 5) is 12.9. The van der Waals surface area contributed by atoms with E-state index in [0.29, 0.717) is 6.29 Å². The lowest BCUT2D eigenvalue weighted by molar-refractivity contribution is -0.109. The number of rotatable bonds is 2. The highest BCUT2D eigenvalue weighted by Gasteiger charge is 2.01. The van der Waals surface area contributed by atoms with E-state index in [1.165, 1.54) is 0 Å². The predicted octanol–water partition coefficient (Wildman–Crippen LogP) is 0.213. The summed E-state index contributed by atoms with van der Waals surface area (Å²) in [7, 11) is 0. The third-order valence-corrected chi connectivity index (χ3v) is 1.13. The number of nitrogens with two attached hydrogens (primary N) is 1. The van der Waals surface area contributed by atoms with Gasteiger partial charge in [-0.2, -0.15) is 0 Å². The fraction of sp³-hybridized carbons (Fsp3) is 0.167. The highest BCUT2D eigenvalue weighted by molar-refractivity contribution is 5.59. The molecule has 0 aliphatic carbocycles. The van der Waals surface area contributed by atoms with E-state index < -0.39 is 6.04 Å². The van der Waals surface area contributed by atoms with Crippen molar-refractivity contribution in [2.24, 2.45) is 5.73 Å². The zero-order chi connectivity index (χ0) is 6.69. The number of hydrogen-bond donors (Lipinski definition) is 2. The molecule has 0 aliphatic rings. The molecule has 0 aromatic carbocycles. The zero-order valence-electron chi connectivity index (χ0n) is 4.87. The molecule has 3 heteroatoms. The van der Waals surface area contributed by atoms with Gasteiger partial charge in [0, 0.05) is 11.9 Å². The van der Waals surface area contributed by atoms with Gasteiger partial charge in [-0.15, -0.1) is 0 Å². The van der Waals surface area contributed by atoms with Gasteiger partial charge in [0.25, 0.3) is 0 Å². The van der Waals surface area contributed by atoms with Crippen molar-refractivity contribution >= 4 is 6.29 Å². The van der Waals surface area contributed by atoms with Crippen LogP contribution in [0.5, 0.6) is 0 Å². The van der Waals surface area contributed by atoms with E-state index in [0.717, 1.165) is 5.69 Å². The summed E-state index contributed by atoms with van der Waals surface area (Å²) in [6.45, 7) is 0. The third-order valence-electron chi connectivity index (χ3n) is 1.13. The Hall–Kier alpha value is -1.09. The number of hydrogen-bond acceptors (Lipinski definition) is 2. The van der Waals surface area contributed by atoms with Crippen molar-refractivity contribution in [2.75, 3.05) is 0 Å². The number of aldehydes is 1. The van der Waals surface area contributed by atoms with Gasteiger partial charge in [0.05, 0.1) is 0 Å². The Kier molecular flexibility index (Phi) is 1.65. The number of carbonyl (C=O) groups is 1. The van der Waals surface area contributed by atoms with E-state index >= 15 is 0 Å². The predicted molar refractivity (Wildman–Crippen MR) is 33.8 cm³/mol. The number of nitrogens with one attached hydrogen (secondary N) is 1. The molecular formula is C6H8N2O. The van der Waals surface area contributed by atoms with Crippen LogP contribution in [0.3, 0.4) is 0 Å². The fourth-order valence-electron chi connectivity index (χ4n) is 0.625. The second-order valence-electron chi connectivity index (χ2n) is 1.79. The van der Waals surface area contributed by atoms with Gasteiger partial charge in [-0.05, 0) is 12.1 Å². The van der Waals surface area contributed by atoms with Gasteiger partial charge in [0.2, 0.25) is 0 Å². The molecule has 9 heavy (non-hydrogen) atoms. The minimum absolute atomic E-state index is 0.500. The van der Waals surface area contributed by atoms with Crippen LogP contribution in [0.2, 0.25) is 0 Å². The number of H-pyrrole nitrogens is 1. The van der Waals surface area contributed by atoms with Crippen molar-refractivity contribution in [1.82, 2.24) is 4.98 Å². The lowest BCUT2D eigenvalue weighted by Gasteiger charge is -1.96. The summed E-state index contributed by atoms with van der Waals surface area (Å²) in [5, 5.41) is 0. The van der Waals surface area contributed by atoms with Gasteiger partial charge in [0.15, 0.2) is 0 Å². The summed E-state index contributed by atoms with van der Waals surface area (Å²) >= 11 is 0. The van der Waals surface area contributed by atoms with Gasteiger partial charge in [0.1, 0.15) is 12.3 Å². The first-order valence-corrected chi connectivity index (χ1v) is 2.69. The second-order valence-corrected chi connectivity index (χ2v) is 1.79. The van der Waals surface area contributed by atoms with Crippen LogP contribution in [0.4, 0.5) is 0 Å².